The van der Waals surface area contributed by atoms with Crippen LogP contribution >= 0.6 is 0 Å². The van der Waals surface area contributed by atoms with Crippen molar-refractivity contribution in [3.05, 3.63) is 29.8 Å². The van der Waals surface area contributed by atoms with Crippen LogP contribution < -0.4 is 4.90 Å². The summed E-state index contributed by atoms with van der Waals surface area (Å²) in [6, 6.07) is 8.56. The van der Waals surface area contributed by atoms with Gasteiger partial charge in [0, 0.05) is 31.7 Å². The van der Waals surface area contributed by atoms with Crippen molar-refractivity contribution in [3.63, 3.8) is 0 Å². The number of fused-ring (bicyclic) bond motifs is 1. The fourth-order valence-electron chi connectivity index (χ4n) is 3.74. The lowest BCUT2D eigenvalue weighted by Gasteiger charge is -2.36. The van der Waals surface area contributed by atoms with Gasteiger partial charge in [-0.05, 0) is 43.7 Å². The minimum absolute atomic E-state index is 0.0369. The normalized spacial score (nSPS) is 21.6. The smallest absolute Gasteiger partial charge is 0.224 e. The van der Waals surface area contributed by atoms with Crippen molar-refractivity contribution in [2.75, 3.05) is 31.1 Å². The third kappa shape index (κ3) is 3.27. The van der Waals surface area contributed by atoms with E-state index >= 15 is 0 Å². The van der Waals surface area contributed by atoms with Crippen LogP contribution in [0.5, 0.6) is 0 Å². The highest BCUT2D eigenvalue weighted by atomic mass is 16.3. The summed E-state index contributed by atoms with van der Waals surface area (Å²) < 4.78 is 0. The number of carbonyl (C=O) groups is 1. The highest BCUT2D eigenvalue weighted by Crippen LogP contribution is 2.27. The van der Waals surface area contributed by atoms with E-state index in [1.165, 1.54) is 11.3 Å². The molecule has 1 saturated heterocycles. The van der Waals surface area contributed by atoms with Gasteiger partial charge in [-0.1, -0.05) is 18.2 Å². The van der Waals surface area contributed by atoms with Crippen LogP contribution in [0, 0.1) is 0 Å². The molecule has 0 bridgehead atoms. The first kappa shape index (κ1) is 15.3. The Morgan fingerprint density at radius 2 is 2.05 bits per heavy atom. The zero-order valence-corrected chi connectivity index (χ0v) is 13.2. The first-order valence-corrected chi connectivity index (χ1v) is 8.53. The summed E-state index contributed by atoms with van der Waals surface area (Å²) in [6.45, 7) is 2.72. The summed E-state index contributed by atoms with van der Waals surface area (Å²) in [4.78, 5) is 16.8. The topological polar surface area (TPSA) is 43.8 Å². The van der Waals surface area contributed by atoms with Gasteiger partial charge in [0.15, 0.2) is 0 Å². The Bertz CT molecular complexity index is 518. The van der Waals surface area contributed by atoms with Gasteiger partial charge in [0.25, 0.3) is 0 Å². The minimum atomic E-state index is 0.0369. The van der Waals surface area contributed by atoms with E-state index in [1.54, 1.807) is 0 Å². The van der Waals surface area contributed by atoms with E-state index in [0.717, 1.165) is 51.7 Å². The predicted molar refractivity (Wildman–Crippen MR) is 88.0 cm³/mol. The Hall–Kier alpha value is -1.55. The number of anilines is 1. The van der Waals surface area contributed by atoms with Gasteiger partial charge in [0.1, 0.15) is 0 Å². The number of amides is 1. The zero-order chi connectivity index (χ0) is 15.4. The summed E-state index contributed by atoms with van der Waals surface area (Å²) in [7, 11) is 0. The van der Waals surface area contributed by atoms with Crippen molar-refractivity contribution >= 4 is 11.6 Å². The van der Waals surface area contributed by atoms with E-state index in [-0.39, 0.29) is 18.6 Å². The molecule has 0 aliphatic carbocycles. The van der Waals surface area contributed by atoms with Crippen molar-refractivity contribution in [3.8, 4) is 0 Å². The van der Waals surface area contributed by atoms with Crippen molar-refractivity contribution in [1.29, 1.82) is 0 Å². The molecule has 4 nitrogen and oxygen atoms in total. The molecule has 0 aromatic heterocycles. The van der Waals surface area contributed by atoms with Crippen LogP contribution in [0.25, 0.3) is 0 Å². The molecule has 2 aliphatic rings. The van der Waals surface area contributed by atoms with Gasteiger partial charge in [0.05, 0.1) is 12.6 Å². The Labute approximate surface area is 132 Å². The quantitative estimate of drug-likeness (QED) is 0.927. The molecule has 1 fully saturated rings. The molecule has 0 radical (unpaired) electrons. The number of likely N-dealkylation sites (tertiary alicyclic amines) is 1. The van der Waals surface area contributed by atoms with E-state index in [2.05, 4.69) is 29.2 Å². The number of nitrogens with zero attached hydrogens (tertiary/aromatic N) is 2. The second-order valence-corrected chi connectivity index (χ2v) is 6.39. The number of benzene rings is 1. The van der Waals surface area contributed by atoms with E-state index in [0.29, 0.717) is 6.42 Å². The van der Waals surface area contributed by atoms with E-state index < -0.39 is 0 Å². The van der Waals surface area contributed by atoms with Crippen LogP contribution in [-0.4, -0.2) is 48.2 Å². The van der Waals surface area contributed by atoms with Gasteiger partial charge in [-0.3, -0.25) is 4.79 Å². The highest BCUT2D eigenvalue weighted by molar-refractivity contribution is 5.77. The summed E-state index contributed by atoms with van der Waals surface area (Å²) in [6.07, 6.45) is 5.97. The fraction of sp³-hybridized carbons (Fsp3) is 0.611. The van der Waals surface area contributed by atoms with Crippen LogP contribution in [0.3, 0.4) is 0 Å². The molecular weight excluding hydrogens is 276 g/mol. The van der Waals surface area contributed by atoms with Crippen LogP contribution in [0.15, 0.2) is 24.3 Å². The van der Waals surface area contributed by atoms with Crippen LogP contribution in [-0.2, 0) is 11.2 Å². The number of piperidine rings is 1. The molecule has 22 heavy (non-hydrogen) atoms. The molecule has 4 heteroatoms. The average molecular weight is 302 g/mol. The second kappa shape index (κ2) is 7.14. The zero-order valence-electron chi connectivity index (χ0n) is 13.2. The molecule has 0 saturated carbocycles. The minimum Gasteiger partial charge on any atom is -0.394 e. The summed E-state index contributed by atoms with van der Waals surface area (Å²) in [5, 5.41) is 9.45. The fourth-order valence-corrected chi connectivity index (χ4v) is 3.74. The molecule has 1 amide bonds. The van der Waals surface area contributed by atoms with E-state index in [4.69, 9.17) is 0 Å². The molecule has 0 spiro atoms. The van der Waals surface area contributed by atoms with Crippen LogP contribution in [0.4, 0.5) is 5.69 Å². The number of carbonyl (C=O) groups excluding carboxylic acids is 1. The summed E-state index contributed by atoms with van der Waals surface area (Å²) in [5.41, 5.74) is 2.69. The summed E-state index contributed by atoms with van der Waals surface area (Å²) in [5.74, 6) is 0.196. The van der Waals surface area contributed by atoms with Crippen molar-refractivity contribution < 1.29 is 9.90 Å². The lowest BCUT2D eigenvalue weighted by molar-refractivity contribution is -0.135. The Morgan fingerprint density at radius 1 is 1.18 bits per heavy atom. The molecule has 1 atom stereocenters. The molecular formula is C18H26N2O2. The number of hydrogen-bond donors (Lipinski definition) is 1. The SMILES string of the molecule is O=C(CCN1CCCc2ccccc21)N1CCCCC1CO. The number of aryl methyl sites for hydroxylation is 1. The van der Waals surface area contributed by atoms with Crippen molar-refractivity contribution in [2.45, 2.75) is 44.6 Å². The first-order valence-electron chi connectivity index (χ1n) is 8.53. The average Bonchev–Trinajstić information content (AvgIpc) is 2.59. The molecule has 1 N–H and O–H groups in total. The third-order valence-corrected chi connectivity index (χ3v) is 4.96. The molecule has 1 unspecified atom stereocenters. The predicted octanol–water partition coefficient (Wildman–Crippen LogP) is 2.20. The van der Waals surface area contributed by atoms with Crippen LogP contribution in [0.2, 0.25) is 0 Å². The van der Waals surface area contributed by atoms with E-state index in [9.17, 15) is 9.90 Å². The van der Waals surface area contributed by atoms with Gasteiger partial charge >= 0.3 is 0 Å². The summed E-state index contributed by atoms with van der Waals surface area (Å²) >= 11 is 0. The van der Waals surface area contributed by atoms with Gasteiger partial charge in [-0.15, -0.1) is 0 Å². The van der Waals surface area contributed by atoms with Gasteiger partial charge < -0.3 is 14.9 Å². The molecule has 3 rings (SSSR count). The Kier molecular flexibility index (Phi) is 4.98. The lowest BCUT2D eigenvalue weighted by Crippen LogP contribution is -2.46. The number of aliphatic hydroxyl groups excluding tert-OH is 1. The Balaban J connectivity index is 1.59. The number of rotatable bonds is 4. The largest absolute Gasteiger partial charge is 0.394 e. The Morgan fingerprint density at radius 3 is 2.91 bits per heavy atom. The second-order valence-electron chi connectivity index (χ2n) is 6.39. The number of hydrogen-bond acceptors (Lipinski definition) is 3. The molecule has 2 aliphatic heterocycles. The third-order valence-electron chi connectivity index (χ3n) is 4.96. The molecule has 1 aromatic carbocycles. The van der Waals surface area contributed by atoms with Crippen molar-refractivity contribution in [2.24, 2.45) is 0 Å². The maximum atomic E-state index is 12.5. The molecule has 1 aromatic rings. The number of aliphatic hydroxyl groups is 1. The molecule has 2 heterocycles. The van der Waals surface area contributed by atoms with Gasteiger partial charge in [-0.25, -0.2) is 0 Å². The maximum absolute atomic E-state index is 12.5. The van der Waals surface area contributed by atoms with Gasteiger partial charge in [0.2, 0.25) is 5.91 Å². The molecule has 120 valence electrons. The first-order chi connectivity index (χ1) is 10.8. The monoisotopic (exact) mass is 302 g/mol. The standard InChI is InChI=1S/C18H26N2O2/c21-14-16-8-3-4-12-20(16)18(22)10-13-19-11-5-7-15-6-1-2-9-17(15)19/h1-2,6,9,16,21H,3-5,7-8,10-14H2. The van der Waals surface area contributed by atoms with Crippen LogP contribution in [0.1, 0.15) is 37.7 Å². The lowest BCUT2D eigenvalue weighted by atomic mass is 10.0. The maximum Gasteiger partial charge on any atom is 0.224 e. The van der Waals surface area contributed by atoms with E-state index in [1.807, 2.05) is 4.90 Å². The number of para-hydroxylation sites is 1. The van der Waals surface area contributed by atoms with Gasteiger partial charge in [-0.2, -0.15) is 0 Å². The van der Waals surface area contributed by atoms with Crippen molar-refractivity contribution in [1.82, 2.24) is 4.90 Å². The highest BCUT2D eigenvalue weighted by Gasteiger charge is 2.26.